The lowest BCUT2D eigenvalue weighted by molar-refractivity contribution is 0.453. The van der Waals surface area contributed by atoms with E-state index in [1.54, 1.807) is 0 Å². The molecule has 0 N–H and O–H groups in total. The molecule has 0 aliphatic carbocycles. The van der Waals surface area contributed by atoms with Gasteiger partial charge in [0.25, 0.3) is 18.1 Å². The number of ether oxygens (including phenoxy) is 1. The molecule has 5 nitrogen and oxygen atoms in total. The minimum atomic E-state index is -4.05. The summed E-state index contributed by atoms with van der Waals surface area (Å²) in [6, 6.07) is 5.11. The molecule has 0 fully saturated rings. The average molecular weight is 466 g/mol. The van der Waals surface area contributed by atoms with Crippen LogP contribution >= 0.6 is 56.3 Å². The molecule has 24 heavy (non-hydrogen) atoms. The quantitative estimate of drug-likeness (QED) is 0.489. The van der Waals surface area contributed by atoms with E-state index in [4.69, 9.17) is 49.3 Å². The van der Waals surface area contributed by atoms with Gasteiger partial charge in [-0.05, 0) is 12.1 Å². The zero-order valence-electron chi connectivity index (χ0n) is 11.1. The highest BCUT2D eigenvalue weighted by Gasteiger charge is 2.27. The highest BCUT2D eigenvalue weighted by Crippen LogP contribution is 2.51. The van der Waals surface area contributed by atoms with E-state index in [0.29, 0.717) is 21.3 Å². The van der Waals surface area contributed by atoms with Crippen molar-refractivity contribution < 1.29 is 21.6 Å². The molecule has 0 unspecified atom stereocenters. The van der Waals surface area contributed by atoms with Crippen LogP contribution in [0.2, 0.25) is 10.0 Å². The smallest absolute Gasteiger partial charge is 0.262 e. The summed E-state index contributed by atoms with van der Waals surface area (Å²) in [5, 5.41) is -0.197. The minimum Gasteiger partial charge on any atom is -0.455 e. The Morgan fingerprint density at radius 1 is 0.750 bits per heavy atom. The molecule has 0 saturated carbocycles. The van der Waals surface area contributed by atoms with Crippen LogP contribution in [0.25, 0.3) is 0 Å². The second-order valence-corrected chi connectivity index (χ2v) is 11.5. The van der Waals surface area contributed by atoms with Gasteiger partial charge >= 0.3 is 0 Å². The number of halogens is 4. The van der Waals surface area contributed by atoms with Gasteiger partial charge in [0.1, 0.15) is 21.3 Å². The number of fused-ring (bicyclic) bond motifs is 2. The van der Waals surface area contributed by atoms with Gasteiger partial charge in [0.15, 0.2) is 0 Å². The third-order valence-corrected chi connectivity index (χ3v) is 7.61. The Hall–Kier alpha value is -0.350. The SMILES string of the molecule is O=S(=O)(Cl)c1cc2c(cc1Cl)Oc1cc(Cl)c(S(=O)(=O)Cl)cc1S2. The largest absolute Gasteiger partial charge is 0.455 e. The van der Waals surface area contributed by atoms with Crippen LogP contribution in [0.15, 0.2) is 43.8 Å². The molecule has 2 aromatic rings. The average Bonchev–Trinajstić information content (AvgIpc) is 2.41. The highest BCUT2D eigenvalue weighted by molar-refractivity contribution is 8.14. The maximum Gasteiger partial charge on any atom is 0.262 e. The molecule has 12 heteroatoms. The molecule has 3 rings (SSSR count). The van der Waals surface area contributed by atoms with Crippen LogP contribution in [0.1, 0.15) is 0 Å². The van der Waals surface area contributed by atoms with Gasteiger partial charge in [-0.15, -0.1) is 0 Å². The molecule has 0 aromatic heterocycles. The Labute approximate surface area is 160 Å². The van der Waals surface area contributed by atoms with Crippen LogP contribution in [0, 0.1) is 0 Å². The number of benzene rings is 2. The summed E-state index contributed by atoms with van der Waals surface area (Å²) in [5.74, 6) is 0.582. The Kier molecular flexibility index (Phi) is 4.70. The van der Waals surface area contributed by atoms with E-state index in [2.05, 4.69) is 0 Å². The first-order valence-corrected chi connectivity index (χ1v) is 12.1. The summed E-state index contributed by atoms with van der Waals surface area (Å²) in [6.45, 7) is 0. The fourth-order valence-electron chi connectivity index (χ4n) is 1.96. The van der Waals surface area contributed by atoms with E-state index in [-0.39, 0.29) is 19.8 Å². The Morgan fingerprint density at radius 2 is 1.12 bits per heavy atom. The predicted octanol–water partition coefficient (Wildman–Crippen LogP) is 5.11. The summed E-state index contributed by atoms with van der Waals surface area (Å²) in [4.78, 5) is 0.240. The molecule has 0 amide bonds. The van der Waals surface area contributed by atoms with Gasteiger partial charge in [0.05, 0.1) is 19.8 Å². The van der Waals surface area contributed by atoms with Crippen molar-refractivity contribution >= 4 is 74.4 Å². The molecule has 0 saturated heterocycles. The van der Waals surface area contributed by atoms with Crippen molar-refractivity contribution in [2.75, 3.05) is 0 Å². The second kappa shape index (κ2) is 6.12. The lowest BCUT2D eigenvalue weighted by atomic mass is 10.3. The van der Waals surface area contributed by atoms with Gasteiger partial charge in [-0.3, -0.25) is 0 Å². The molecule has 0 atom stereocenters. The van der Waals surface area contributed by atoms with Crippen molar-refractivity contribution in [2.24, 2.45) is 0 Å². The third-order valence-electron chi connectivity index (χ3n) is 2.96. The number of hydrogen-bond acceptors (Lipinski definition) is 6. The molecule has 1 aliphatic heterocycles. The van der Waals surface area contributed by atoms with E-state index < -0.39 is 18.1 Å². The van der Waals surface area contributed by atoms with Crippen molar-refractivity contribution in [3.63, 3.8) is 0 Å². The van der Waals surface area contributed by atoms with Crippen LogP contribution in [0.5, 0.6) is 11.5 Å². The van der Waals surface area contributed by atoms with E-state index in [0.717, 1.165) is 11.8 Å². The lowest BCUT2D eigenvalue weighted by Crippen LogP contribution is -2.01. The van der Waals surface area contributed by atoms with Gasteiger partial charge in [-0.2, -0.15) is 0 Å². The van der Waals surface area contributed by atoms with Crippen molar-refractivity contribution in [2.45, 2.75) is 19.6 Å². The third kappa shape index (κ3) is 3.46. The lowest BCUT2D eigenvalue weighted by Gasteiger charge is -2.21. The Bertz CT molecular complexity index is 995. The molecule has 1 aliphatic rings. The van der Waals surface area contributed by atoms with Gasteiger partial charge in [0, 0.05) is 33.5 Å². The molecule has 0 radical (unpaired) electrons. The van der Waals surface area contributed by atoms with Crippen molar-refractivity contribution in [1.82, 2.24) is 0 Å². The first-order chi connectivity index (χ1) is 11.0. The second-order valence-electron chi connectivity index (χ2n) is 4.54. The normalized spacial score (nSPS) is 13.8. The van der Waals surface area contributed by atoms with Crippen molar-refractivity contribution in [1.29, 1.82) is 0 Å². The van der Waals surface area contributed by atoms with Gasteiger partial charge in [-0.25, -0.2) is 16.8 Å². The summed E-state index contributed by atoms with van der Waals surface area (Å²) in [6.07, 6.45) is 0. The maximum absolute atomic E-state index is 11.5. The summed E-state index contributed by atoms with van der Waals surface area (Å²) < 4.78 is 51.7. The molecule has 1 heterocycles. The monoisotopic (exact) mass is 464 g/mol. The highest BCUT2D eigenvalue weighted by atomic mass is 35.7. The van der Waals surface area contributed by atoms with Crippen LogP contribution in [0.4, 0.5) is 0 Å². The maximum atomic E-state index is 11.5. The topological polar surface area (TPSA) is 77.5 Å². The summed E-state index contributed by atoms with van der Waals surface area (Å²) >= 11 is 12.9. The zero-order valence-corrected chi connectivity index (χ0v) is 16.6. The van der Waals surface area contributed by atoms with Gasteiger partial charge in [-0.1, -0.05) is 35.0 Å². The van der Waals surface area contributed by atoms with E-state index in [1.165, 1.54) is 24.3 Å². The zero-order chi connectivity index (χ0) is 17.9. The van der Waals surface area contributed by atoms with Gasteiger partial charge in [0.2, 0.25) is 0 Å². The fraction of sp³-hybridized carbons (Fsp3) is 0. The van der Waals surface area contributed by atoms with E-state index >= 15 is 0 Å². The number of hydrogen-bond donors (Lipinski definition) is 0. The van der Waals surface area contributed by atoms with Crippen LogP contribution in [-0.2, 0) is 18.1 Å². The summed E-state index contributed by atoms with van der Waals surface area (Å²) in [7, 11) is 2.57. The van der Waals surface area contributed by atoms with Crippen molar-refractivity contribution in [3.05, 3.63) is 34.3 Å². The minimum absolute atomic E-state index is 0.0983. The van der Waals surface area contributed by atoms with E-state index in [1.807, 2.05) is 0 Å². The fourth-order valence-corrected chi connectivity index (χ4v) is 6.13. The van der Waals surface area contributed by atoms with Crippen LogP contribution in [-0.4, -0.2) is 16.8 Å². The van der Waals surface area contributed by atoms with Crippen LogP contribution in [0.3, 0.4) is 0 Å². The van der Waals surface area contributed by atoms with Crippen LogP contribution < -0.4 is 4.74 Å². The molecule has 0 bridgehead atoms. The molecular formula is C12H4Cl4O5S3. The molecule has 2 aromatic carbocycles. The standard InChI is InChI=1S/C12H4Cl4O5S3/c13-5-1-7-9(3-11(5)23(15,17)18)22-10-4-12(24(16,19)20)6(14)2-8(10)21-7/h1-4H. The first kappa shape index (κ1) is 18.4. The van der Waals surface area contributed by atoms with Gasteiger partial charge < -0.3 is 4.74 Å². The first-order valence-electron chi connectivity index (χ1n) is 5.89. The molecule has 0 spiro atoms. The molecule has 128 valence electrons. The van der Waals surface area contributed by atoms with E-state index in [9.17, 15) is 16.8 Å². The number of rotatable bonds is 2. The van der Waals surface area contributed by atoms with Crippen molar-refractivity contribution in [3.8, 4) is 11.5 Å². The molecular weight excluding hydrogens is 462 g/mol. The Balaban J connectivity index is 2.16. The predicted molar refractivity (Wildman–Crippen MR) is 93.2 cm³/mol. The Morgan fingerprint density at radius 3 is 1.46 bits per heavy atom. The summed E-state index contributed by atoms with van der Waals surface area (Å²) in [5.41, 5.74) is 0.